The maximum Gasteiger partial charge on any atom is 0.250 e. The van der Waals surface area contributed by atoms with Crippen molar-refractivity contribution < 1.29 is 9.18 Å². The number of carbonyl (C=O) groups excluding carboxylic acids is 1. The molecule has 0 saturated heterocycles. The van der Waals surface area contributed by atoms with Gasteiger partial charge in [0, 0.05) is 4.47 Å². The highest BCUT2D eigenvalue weighted by molar-refractivity contribution is 9.10. The number of benzene rings is 2. The molecule has 6 heteroatoms. The lowest BCUT2D eigenvalue weighted by Gasteiger charge is -2.14. The van der Waals surface area contributed by atoms with E-state index < -0.39 is 11.7 Å². The van der Waals surface area contributed by atoms with Crippen LogP contribution in [-0.2, 0) is 0 Å². The van der Waals surface area contributed by atoms with Crippen molar-refractivity contribution in [3.63, 3.8) is 0 Å². The third-order valence-electron chi connectivity index (χ3n) is 2.57. The van der Waals surface area contributed by atoms with E-state index in [0.717, 1.165) is 0 Å². The Morgan fingerprint density at radius 1 is 1.16 bits per heavy atom. The Balaban J connectivity index is 2.52. The summed E-state index contributed by atoms with van der Waals surface area (Å²) in [4.78, 5) is 11.4. The number of anilines is 3. The molecule has 2 aromatic rings. The summed E-state index contributed by atoms with van der Waals surface area (Å²) in [6.07, 6.45) is 0. The largest absolute Gasteiger partial charge is 0.397 e. The van der Waals surface area contributed by atoms with Gasteiger partial charge in [-0.1, -0.05) is 12.1 Å². The molecule has 0 spiro atoms. The van der Waals surface area contributed by atoms with Gasteiger partial charge in [0.1, 0.15) is 5.82 Å². The highest BCUT2D eigenvalue weighted by atomic mass is 79.9. The van der Waals surface area contributed by atoms with Gasteiger partial charge < -0.3 is 16.8 Å². The number of primary amides is 1. The Kier molecular flexibility index (Phi) is 3.71. The maximum atomic E-state index is 13.8. The van der Waals surface area contributed by atoms with E-state index in [4.69, 9.17) is 11.5 Å². The first-order valence-corrected chi connectivity index (χ1v) is 6.19. The van der Waals surface area contributed by atoms with Crippen molar-refractivity contribution >= 4 is 38.9 Å². The van der Waals surface area contributed by atoms with Crippen molar-refractivity contribution in [2.75, 3.05) is 11.1 Å². The predicted octanol–water partition coefficient (Wildman–Crippen LogP) is 3.01. The number of carbonyl (C=O) groups is 1. The smallest absolute Gasteiger partial charge is 0.250 e. The standard InChI is InChI=1S/C13H11BrFN3O/c14-8-4-2-5-9(15)12(8)18-11-7(13(17)19)3-1-6-10(11)16/h1-6,18H,16H2,(H2,17,19). The Morgan fingerprint density at radius 3 is 2.47 bits per heavy atom. The third kappa shape index (κ3) is 2.68. The third-order valence-corrected chi connectivity index (χ3v) is 3.24. The van der Waals surface area contributed by atoms with Crippen molar-refractivity contribution in [3.8, 4) is 0 Å². The van der Waals surface area contributed by atoms with E-state index in [2.05, 4.69) is 21.2 Å². The van der Waals surface area contributed by atoms with Gasteiger partial charge in [-0.05, 0) is 40.2 Å². The number of hydrogen-bond acceptors (Lipinski definition) is 3. The number of amides is 1. The summed E-state index contributed by atoms with van der Waals surface area (Å²) in [6.45, 7) is 0. The van der Waals surface area contributed by atoms with Gasteiger partial charge in [0.2, 0.25) is 0 Å². The zero-order valence-electron chi connectivity index (χ0n) is 9.78. The van der Waals surface area contributed by atoms with E-state index in [-0.39, 0.29) is 11.3 Å². The SMILES string of the molecule is NC(=O)c1cccc(N)c1Nc1c(F)cccc1Br. The van der Waals surface area contributed by atoms with Crippen molar-refractivity contribution in [2.24, 2.45) is 5.73 Å². The Bertz CT molecular complexity index is 626. The average molecular weight is 324 g/mol. The fourth-order valence-electron chi connectivity index (χ4n) is 1.66. The molecular weight excluding hydrogens is 313 g/mol. The number of nitrogen functional groups attached to an aromatic ring is 1. The number of halogens is 2. The zero-order chi connectivity index (χ0) is 14.0. The van der Waals surface area contributed by atoms with Crippen LogP contribution in [0.3, 0.4) is 0 Å². The summed E-state index contributed by atoms with van der Waals surface area (Å²) in [7, 11) is 0. The van der Waals surface area contributed by atoms with E-state index in [0.29, 0.717) is 15.8 Å². The summed E-state index contributed by atoms with van der Waals surface area (Å²) in [6, 6.07) is 9.27. The van der Waals surface area contributed by atoms with E-state index in [1.54, 1.807) is 24.3 Å². The molecular formula is C13H11BrFN3O. The summed E-state index contributed by atoms with van der Waals surface area (Å²) < 4.78 is 14.3. The van der Waals surface area contributed by atoms with E-state index in [1.165, 1.54) is 12.1 Å². The van der Waals surface area contributed by atoms with Gasteiger partial charge in [-0.15, -0.1) is 0 Å². The first-order valence-electron chi connectivity index (χ1n) is 5.40. The molecule has 0 saturated carbocycles. The van der Waals surface area contributed by atoms with Crippen molar-refractivity contribution in [2.45, 2.75) is 0 Å². The quantitative estimate of drug-likeness (QED) is 0.759. The lowest BCUT2D eigenvalue weighted by molar-refractivity contribution is 0.100. The van der Waals surface area contributed by atoms with Gasteiger partial charge in [-0.2, -0.15) is 0 Å². The zero-order valence-corrected chi connectivity index (χ0v) is 11.4. The van der Waals surface area contributed by atoms with Crippen LogP contribution in [0.2, 0.25) is 0 Å². The second-order valence-corrected chi connectivity index (χ2v) is 4.71. The monoisotopic (exact) mass is 323 g/mol. The minimum absolute atomic E-state index is 0.197. The molecule has 98 valence electrons. The normalized spacial score (nSPS) is 10.2. The van der Waals surface area contributed by atoms with Crippen LogP contribution in [0.5, 0.6) is 0 Å². The molecule has 0 atom stereocenters. The Hall–Kier alpha value is -2.08. The van der Waals surface area contributed by atoms with Crippen molar-refractivity contribution in [1.82, 2.24) is 0 Å². The summed E-state index contributed by atoms with van der Waals surface area (Å²) in [5, 5.41) is 2.81. The van der Waals surface area contributed by atoms with Gasteiger partial charge in [0.15, 0.2) is 0 Å². The van der Waals surface area contributed by atoms with Crippen LogP contribution in [0.25, 0.3) is 0 Å². The Labute approximate surface area is 117 Å². The van der Waals surface area contributed by atoms with Crippen LogP contribution in [0.15, 0.2) is 40.9 Å². The fourth-order valence-corrected chi connectivity index (χ4v) is 2.10. The number of para-hydroxylation sites is 2. The second-order valence-electron chi connectivity index (χ2n) is 3.86. The number of rotatable bonds is 3. The lowest BCUT2D eigenvalue weighted by Crippen LogP contribution is -2.14. The van der Waals surface area contributed by atoms with Gasteiger partial charge in [-0.25, -0.2) is 4.39 Å². The molecule has 1 amide bonds. The first-order chi connectivity index (χ1) is 9.00. The van der Waals surface area contributed by atoms with E-state index >= 15 is 0 Å². The van der Waals surface area contributed by atoms with Gasteiger partial charge in [-0.3, -0.25) is 4.79 Å². The van der Waals surface area contributed by atoms with Crippen LogP contribution < -0.4 is 16.8 Å². The van der Waals surface area contributed by atoms with Crippen molar-refractivity contribution in [3.05, 3.63) is 52.3 Å². The molecule has 5 N–H and O–H groups in total. The molecule has 0 fully saturated rings. The molecule has 0 heterocycles. The maximum absolute atomic E-state index is 13.8. The second kappa shape index (κ2) is 5.27. The van der Waals surface area contributed by atoms with Gasteiger partial charge >= 0.3 is 0 Å². The molecule has 0 aliphatic rings. The molecule has 0 aliphatic carbocycles. The molecule has 0 radical (unpaired) electrons. The molecule has 0 aliphatic heterocycles. The lowest BCUT2D eigenvalue weighted by atomic mass is 10.1. The number of nitrogens with two attached hydrogens (primary N) is 2. The summed E-state index contributed by atoms with van der Waals surface area (Å²) >= 11 is 3.23. The number of hydrogen-bond donors (Lipinski definition) is 3. The van der Waals surface area contributed by atoms with Crippen LogP contribution in [0, 0.1) is 5.82 Å². The summed E-state index contributed by atoms with van der Waals surface area (Å²) in [5.74, 6) is -1.10. The molecule has 19 heavy (non-hydrogen) atoms. The van der Waals surface area contributed by atoms with Gasteiger partial charge in [0.05, 0.1) is 22.6 Å². The molecule has 0 aromatic heterocycles. The minimum atomic E-state index is -0.637. The topological polar surface area (TPSA) is 81.1 Å². The van der Waals surface area contributed by atoms with Crippen LogP contribution >= 0.6 is 15.9 Å². The predicted molar refractivity (Wildman–Crippen MR) is 76.8 cm³/mol. The molecule has 2 rings (SSSR count). The van der Waals surface area contributed by atoms with Crippen LogP contribution in [0.1, 0.15) is 10.4 Å². The minimum Gasteiger partial charge on any atom is -0.397 e. The average Bonchev–Trinajstić information content (AvgIpc) is 2.35. The highest BCUT2D eigenvalue weighted by Crippen LogP contribution is 2.32. The van der Waals surface area contributed by atoms with Crippen LogP contribution in [0.4, 0.5) is 21.5 Å². The fraction of sp³-hybridized carbons (Fsp3) is 0. The summed E-state index contributed by atoms with van der Waals surface area (Å²) in [5.41, 5.74) is 12.1. The van der Waals surface area contributed by atoms with E-state index in [1.807, 2.05) is 0 Å². The van der Waals surface area contributed by atoms with Crippen LogP contribution in [-0.4, -0.2) is 5.91 Å². The molecule has 0 unspecified atom stereocenters. The van der Waals surface area contributed by atoms with E-state index in [9.17, 15) is 9.18 Å². The highest BCUT2D eigenvalue weighted by Gasteiger charge is 2.14. The molecule has 4 nitrogen and oxygen atoms in total. The molecule has 2 aromatic carbocycles. The Morgan fingerprint density at radius 2 is 1.84 bits per heavy atom. The van der Waals surface area contributed by atoms with Gasteiger partial charge in [0.25, 0.3) is 5.91 Å². The first kappa shape index (κ1) is 13.4. The van der Waals surface area contributed by atoms with Crippen molar-refractivity contribution in [1.29, 1.82) is 0 Å². The number of nitrogens with one attached hydrogen (secondary N) is 1. The molecule has 0 bridgehead atoms.